The first-order valence-corrected chi connectivity index (χ1v) is 12.2. The Balaban J connectivity index is 1.31. The van der Waals surface area contributed by atoms with E-state index in [-0.39, 0.29) is 17.5 Å². The molecule has 0 bridgehead atoms. The molecule has 4 rings (SSSR count). The molecule has 188 valence electrons. The summed E-state index contributed by atoms with van der Waals surface area (Å²) in [6.07, 6.45) is 2.21. The number of anilines is 1. The van der Waals surface area contributed by atoms with Crippen molar-refractivity contribution in [1.82, 2.24) is 15.2 Å². The van der Waals surface area contributed by atoms with E-state index in [0.29, 0.717) is 29.5 Å². The fraction of sp³-hybridized carbons (Fsp3) is 0.480. The van der Waals surface area contributed by atoms with Crippen LogP contribution in [0, 0.1) is 5.92 Å². The summed E-state index contributed by atoms with van der Waals surface area (Å²) in [4.78, 5) is 30.9. The molecule has 35 heavy (non-hydrogen) atoms. The van der Waals surface area contributed by atoms with Gasteiger partial charge in [-0.05, 0) is 74.7 Å². The molecule has 0 atom stereocenters. The third kappa shape index (κ3) is 6.73. The molecule has 2 aromatic rings. The van der Waals surface area contributed by atoms with E-state index >= 15 is 0 Å². The number of pyridine rings is 1. The highest BCUT2D eigenvalue weighted by molar-refractivity contribution is 6.31. The number of piperidine rings is 1. The van der Waals surface area contributed by atoms with Gasteiger partial charge in [-0.3, -0.25) is 19.5 Å². The van der Waals surface area contributed by atoms with Gasteiger partial charge in [0.25, 0.3) is 5.91 Å². The van der Waals surface area contributed by atoms with Crippen LogP contribution in [0.25, 0.3) is 0 Å². The Bertz CT molecular complexity index is 1050. The highest BCUT2D eigenvalue weighted by Gasteiger charge is 2.31. The smallest absolute Gasteiger partial charge is 0.353 e. The number of carbonyl (C=O) groups excluding carboxylic acids is 2. The van der Waals surface area contributed by atoms with Gasteiger partial charge in [-0.15, -0.1) is 0 Å². The van der Waals surface area contributed by atoms with Gasteiger partial charge >= 0.3 is 6.18 Å². The zero-order chi connectivity index (χ0) is 25.0. The molecule has 2 N–H and O–H groups in total. The lowest BCUT2D eigenvalue weighted by atomic mass is 9.95. The fourth-order valence-electron chi connectivity index (χ4n) is 4.65. The second-order valence-electron chi connectivity index (χ2n) is 9.23. The first-order chi connectivity index (χ1) is 16.7. The Hall–Kier alpha value is -2.65. The number of amides is 2. The maximum absolute atomic E-state index is 12.7. The molecule has 1 saturated carbocycles. The minimum atomic E-state index is -4.51. The van der Waals surface area contributed by atoms with Crippen LogP contribution >= 0.6 is 11.6 Å². The minimum Gasteiger partial charge on any atom is -0.353 e. The molecule has 10 heteroatoms. The number of carbonyl (C=O) groups is 2. The average molecular weight is 509 g/mol. The van der Waals surface area contributed by atoms with E-state index in [1.807, 2.05) is 0 Å². The monoisotopic (exact) mass is 508 g/mol. The Morgan fingerprint density at radius 1 is 1.06 bits per heavy atom. The Kier molecular flexibility index (Phi) is 7.96. The number of likely N-dealkylation sites (tertiary alicyclic amines) is 1. The van der Waals surface area contributed by atoms with Gasteiger partial charge in [-0.1, -0.05) is 24.4 Å². The third-order valence-corrected chi connectivity index (χ3v) is 7.05. The number of benzene rings is 1. The molecule has 0 unspecified atom stereocenters. The number of rotatable bonds is 6. The van der Waals surface area contributed by atoms with E-state index < -0.39 is 17.6 Å². The molecule has 1 aliphatic heterocycles. The van der Waals surface area contributed by atoms with E-state index in [0.717, 1.165) is 56.5 Å². The Labute approximate surface area is 207 Å². The minimum absolute atomic E-state index is 0.0316. The van der Waals surface area contributed by atoms with Gasteiger partial charge < -0.3 is 10.6 Å². The maximum atomic E-state index is 12.7. The number of hydrogen-bond acceptors (Lipinski definition) is 4. The van der Waals surface area contributed by atoms with E-state index in [9.17, 15) is 22.8 Å². The maximum Gasteiger partial charge on any atom is 0.417 e. The van der Waals surface area contributed by atoms with Gasteiger partial charge in [-0.2, -0.15) is 13.2 Å². The summed E-state index contributed by atoms with van der Waals surface area (Å²) in [6.45, 7) is 2.11. The number of aromatic nitrogens is 1. The molecule has 1 aromatic carbocycles. The lowest BCUT2D eigenvalue weighted by Gasteiger charge is -2.32. The van der Waals surface area contributed by atoms with Crippen LogP contribution in [0.4, 0.5) is 18.9 Å². The van der Waals surface area contributed by atoms with E-state index in [1.54, 1.807) is 18.2 Å². The summed E-state index contributed by atoms with van der Waals surface area (Å²) in [5.41, 5.74) is 0.260. The quantitative estimate of drug-likeness (QED) is 0.557. The average Bonchev–Trinajstić information content (AvgIpc) is 3.34. The molecular formula is C25H28ClF3N4O2. The zero-order valence-electron chi connectivity index (χ0n) is 19.2. The van der Waals surface area contributed by atoms with E-state index in [4.69, 9.17) is 11.6 Å². The molecular weight excluding hydrogens is 481 g/mol. The van der Waals surface area contributed by atoms with Crippen molar-refractivity contribution in [1.29, 1.82) is 0 Å². The van der Waals surface area contributed by atoms with Crippen LogP contribution in [0.3, 0.4) is 0 Å². The van der Waals surface area contributed by atoms with Gasteiger partial charge in [0.05, 0.1) is 5.56 Å². The van der Waals surface area contributed by atoms with Crippen LogP contribution in [0.2, 0.25) is 5.02 Å². The van der Waals surface area contributed by atoms with Crippen LogP contribution in [0.15, 0.2) is 36.5 Å². The molecule has 2 amide bonds. The van der Waals surface area contributed by atoms with Crippen molar-refractivity contribution in [3.05, 3.63) is 58.4 Å². The Morgan fingerprint density at radius 2 is 1.77 bits per heavy atom. The molecule has 1 saturated heterocycles. The van der Waals surface area contributed by atoms with Gasteiger partial charge in [0.15, 0.2) is 0 Å². The zero-order valence-corrected chi connectivity index (χ0v) is 20.0. The first kappa shape index (κ1) is 25.4. The fourth-order valence-corrected chi connectivity index (χ4v) is 4.83. The first-order valence-electron chi connectivity index (χ1n) is 11.8. The number of hydrogen-bond donors (Lipinski definition) is 2. The molecule has 1 aromatic heterocycles. The summed E-state index contributed by atoms with van der Waals surface area (Å²) in [5, 5.41) is 6.41. The van der Waals surface area contributed by atoms with Crippen LogP contribution < -0.4 is 10.6 Å². The molecule has 0 spiro atoms. The lowest BCUT2D eigenvalue weighted by Crippen LogP contribution is -2.43. The predicted octanol–water partition coefficient (Wildman–Crippen LogP) is 5.28. The predicted molar refractivity (Wildman–Crippen MR) is 127 cm³/mol. The van der Waals surface area contributed by atoms with Crippen molar-refractivity contribution in [3.63, 3.8) is 0 Å². The lowest BCUT2D eigenvalue weighted by molar-refractivity contribution is -0.137. The Morgan fingerprint density at radius 3 is 2.40 bits per heavy atom. The SMILES string of the molecule is O=C(Nc1ccc(Cl)c(CN2CCC(C(=O)NC3CCCC3)CC2)c1)c1ccc(C(F)(F)F)cn1. The molecule has 1 aliphatic carbocycles. The molecule has 2 aliphatic rings. The second-order valence-corrected chi connectivity index (χ2v) is 9.64. The van der Waals surface area contributed by atoms with Gasteiger partial charge in [0.2, 0.25) is 5.91 Å². The van der Waals surface area contributed by atoms with E-state index in [2.05, 4.69) is 20.5 Å². The standard InChI is InChI=1S/C25H28ClF3N4O2/c26-21-7-6-20(32-24(35)22-8-5-18(14-30-22)25(27,28)29)13-17(21)15-33-11-9-16(10-12-33)23(34)31-19-3-1-2-4-19/h5-8,13-14,16,19H,1-4,9-12,15H2,(H,31,34)(H,32,35). The normalized spacial score (nSPS) is 17.9. The van der Waals surface area contributed by atoms with Gasteiger partial charge in [0, 0.05) is 35.4 Å². The molecule has 6 nitrogen and oxygen atoms in total. The van der Waals surface area contributed by atoms with Crippen LogP contribution in [0.5, 0.6) is 0 Å². The summed E-state index contributed by atoms with van der Waals surface area (Å²) >= 11 is 6.38. The van der Waals surface area contributed by atoms with Crippen LogP contribution in [-0.2, 0) is 17.5 Å². The summed E-state index contributed by atoms with van der Waals surface area (Å²) < 4.78 is 38.1. The van der Waals surface area contributed by atoms with Crippen LogP contribution in [0.1, 0.15) is 60.1 Å². The van der Waals surface area contributed by atoms with Crippen molar-refractivity contribution >= 4 is 29.1 Å². The molecule has 2 heterocycles. The number of nitrogens with zero attached hydrogens (tertiary/aromatic N) is 2. The summed E-state index contributed by atoms with van der Waals surface area (Å²) in [7, 11) is 0. The number of alkyl halides is 3. The van der Waals surface area contributed by atoms with Crippen molar-refractivity contribution in [3.8, 4) is 0 Å². The van der Waals surface area contributed by atoms with Gasteiger partial charge in [-0.25, -0.2) is 0 Å². The second kappa shape index (κ2) is 11.0. The number of nitrogens with one attached hydrogen (secondary N) is 2. The largest absolute Gasteiger partial charge is 0.417 e. The van der Waals surface area contributed by atoms with Crippen molar-refractivity contribution in [2.75, 3.05) is 18.4 Å². The van der Waals surface area contributed by atoms with Crippen molar-refractivity contribution in [2.45, 2.75) is 57.3 Å². The highest BCUT2D eigenvalue weighted by atomic mass is 35.5. The van der Waals surface area contributed by atoms with Gasteiger partial charge in [0.1, 0.15) is 5.69 Å². The van der Waals surface area contributed by atoms with Crippen LogP contribution in [-0.4, -0.2) is 40.8 Å². The van der Waals surface area contributed by atoms with E-state index in [1.165, 1.54) is 12.8 Å². The van der Waals surface area contributed by atoms with Crippen molar-refractivity contribution in [2.24, 2.45) is 5.92 Å². The summed E-state index contributed by atoms with van der Waals surface area (Å²) in [6, 6.07) is 7.26. The number of halogens is 4. The van der Waals surface area contributed by atoms with Crippen molar-refractivity contribution < 1.29 is 22.8 Å². The molecule has 2 fully saturated rings. The molecule has 0 radical (unpaired) electrons. The highest BCUT2D eigenvalue weighted by Crippen LogP contribution is 2.29. The summed E-state index contributed by atoms with van der Waals surface area (Å²) in [5.74, 6) is -0.415. The topological polar surface area (TPSA) is 74.3 Å². The third-order valence-electron chi connectivity index (χ3n) is 6.68.